The molecule has 1 aromatic rings. The zero-order valence-corrected chi connectivity index (χ0v) is 9.78. The number of fused-ring (bicyclic) bond motifs is 1. The van der Waals surface area contributed by atoms with Crippen molar-refractivity contribution in [2.24, 2.45) is 0 Å². The second-order valence-corrected chi connectivity index (χ2v) is 4.85. The van der Waals surface area contributed by atoms with Gasteiger partial charge in [0.25, 0.3) is 0 Å². The molecule has 1 atom stereocenters. The minimum absolute atomic E-state index is 0.146. The van der Waals surface area contributed by atoms with Crippen LogP contribution in [0, 0.1) is 0 Å². The second kappa shape index (κ2) is 4.18. The molecule has 0 fully saturated rings. The molecule has 2 N–H and O–H groups in total. The molecule has 1 unspecified atom stereocenters. The Morgan fingerprint density at radius 2 is 2.12 bits per heavy atom. The van der Waals surface area contributed by atoms with Crippen molar-refractivity contribution in [1.29, 1.82) is 0 Å². The number of nitrogens with one attached hydrogen (secondary N) is 2. The van der Waals surface area contributed by atoms with Gasteiger partial charge in [-0.25, -0.2) is 0 Å². The predicted octanol–water partition coefficient (Wildman–Crippen LogP) is 1.47. The highest BCUT2D eigenvalue weighted by Crippen LogP contribution is 2.35. The van der Waals surface area contributed by atoms with Crippen molar-refractivity contribution in [2.45, 2.75) is 5.50 Å². The lowest BCUT2D eigenvalue weighted by Crippen LogP contribution is -2.26. The highest BCUT2D eigenvalue weighted by Gasteiger charge is 2.30. The third kappa shape index (κ3) is 1.89. The van der Waals surface area contributed by atoms with E-state index < -0.39 is 0 Å². The van der Waals surface area contributed by atoms with Crippen LogP contribution in [0.3, 0.4) is 0 Å². The van der Waals surface area contributed by atoms with Gasteiger partial charge >= 0.3 is 0 Å². The molecule has 0 saturated carbocycles. The Morgan fingerprint density at radius 1 is 1.29 bits per heavy atom. The summed E-state index contributed by atoms with van der Waals surface area (Å²) in [7, 11) is 0. The van der Waals surface area contributed by atoms with E-state index in [0.29, 0.717) is 6.41 Å². The van der Waals surface area contributed by atoms with Gasteiger partial charge in [0.15, 0.2) is 5.50 Å². The summed E-state index contributed by atoms with van der Waals surface area (Å²) in [5, 5.41) is 6.92. The van der Waals surface area contributed by atoms with E-state index in [-0.39, 0.29) is 5.50 Å². The molecule has 0 radical (unpaired) electrons. The van der Waals surface area contributed by atoms with Gasteiger partial charge in [-0.15, -0.1) is 0 Å². The molecular weight excluding hydrogens is 234 g/mol. The molecule has 2 heterocycles. The molecule has 0 bridgehead atoms. The Hall–Kier alpha value is -1.88. The molecule has 4 nitrogen and oxygen atoms in total. The van der Waals surface area contributed by atoms with E-state index >= 15 is 0 Å². The first kappa shape index (κ1) is 10.3. The lowest BCUT2D eigenvalue weighted by molar-refractivity contribution is -0.108. The Labute approximate surface area is 103 Å². The molecule has 1 amide bonds. The van der Waals surface area contributed by atoms with Crippen molar-refractivity contribution >= 4 is 23.9 Å². The first-order valence-corrected chi connectivity index (χ1v) is 6.15. The maximum absolute atomic E-state index is 10.3. The van der Waals surface area contributed by atoms with Crippen LogP contribution in [0.25, 0.3) is 5.70 Å². The normalized spacial score (nSPS) is 21.4. The fourth-order valence-corrected chi connectivity index (χ4v) is 2.82. The summed E-state index contributed by atoms with van der Waals surface area (Å²) < 4.78 is 0. The van der Waals surface area contributed by atoms with E-state index in [1.807, 2.05) is 30.6 Å². The van der Waals surface area contributed by atoms with Crippen molar-refractivity contribution in [1.82, 2.24) is 15.5 Å². The van der Waals surface area contributed by atoms with E-state index in [1.54, 1.807) is 11.8 Å². The third-order valence-electron chi connectivity index (χ3n) is 2.62. The Morgan fingerprint density at radius 3 is 2.82 bits per heavy atom. The van der Waals surface area contributed by atoms with Crippen LogP contribution >= 0.6 is 11.8 Å². The number of benzene rings is 1. The van der Waals surface area contributed by atoms with Crippen molar-refractivity contribution in [3.8, 4) is 0 Å². The Bertz CT molecular complexity index is 498. The minimum Gasteiger partial charge on any atom is -0.354 e. The number of hydrogen-bond acceptors (Lipinski definition) is 4. The molecule has 2 aliphatic heterocycles. The van der Waals surface area contributed by atoms with E-state index in [0.717, 1.165) is 10.7 Å². The summed E-state index contributed by atoms with van der Waals surface area (Å²) in [6.07, 6.45) is 4.67. The molecule has 0 spiro atoms. The average Bonchev–Trinajstić information content (AvgIpc) is 2.88. The maximum Gasteiger partial charge on any atom is 0.211 e. The molecule has 3 rings (SSSR count). The molecule has 1 aromatic carbocycles. The van der Waals surface area contributed by atoms with Gasteiger partial charge in [-0.1, -0.05) is 42.1 Å². The Kier molecular flexibility index (Phi) is 2.53. The van der Waals surface area contributed by atoms with Crippen LogP contribution in [0.15, 0.2) is 47.8 Å². The third-order valence-corrected chi connectivity index (χ3v) is 3.68. The predicted molar refractivity (Wildman–Crippen MR) is 68.1 cm³/mol. The second-order valence-electron chi connectivity index (χ2n) is 3.73. The molecule has 0 aliphatic carbocycles. The summed E-state index contributed by atoms with van der Waals surface area (Å²) >= 11 is 1.59. The van der Waals surface area contributed by atoms with Crippen LogP contribution in [0.2, 0.25) is 0 Å². The number of nitrogens with zero attached hydrogens (tertiary/aromatic N) is 1. The molecule has 86 valence electrons. The van der Waals surface area contributed by atoms with Gasteiger partial charge in [0.05, 0.1) is 10.7 Å². The number of carbonyl (C=O) groups excluding carboxylic acids is 1. The van der Waals surface area contributed by atoms with Crippen LogP contribution in [0.1, 0.15) is 5.56 Å². The van der Waals surface area contributed by atoms with E-state index in [2.05, 4.69) is 27.7 Å². The SMILES string of the molecule is O=CNC1=CN2C=C(c3ccccc3)NC2S1. The molecule has 2 aliphatic rings. The van der Waals surface area contributed by atoms with Crippen molar-refractivity contribution in [3.05, 3.63) is 53.3 Å². The largest absolute Gasteiger partial charge is 0.354 e. The smallest absolute Gasteiger partial charge is 0.211 e. The lowest BCUT2D eigenvalue weighted by Gasteiger charge is -2.13. The molecule has 5 heteroatoms. The standard InChI is InChI=1S/C12H11N3OS/c16-8-13-11-7-15-6-10(14-12(15)17-11)9-4-2-1-3-5-9/h1-8,12,14H,(H,13,16). The highest BCUT2D eigenvalue weighted by molar-refractivity contribution is 8.03. The van der Waals surface area contributed by atoms with Gasteiger partial charge in [-0.3, -0.25) is 4.79 Å². The van der Waals surface area contributed by atoms with Crippen molar-refractivity contribution in [3.63, 3.8) is 0 Å². The maximum atomic E-state index is 10.3. The lowest BCUT2D eigenvalue weighted by atomic mass is 10.2. The van der Waals surface area contributed by atoms with E-state index in [4.69, 9.17) is 0 Å². The number of amides is 1. The van der Waals surface area contributed by atoms with E-state index in [1.165, 1.54) is 5.56 Å². The number of thioether (sulfide) groups is 1. The summed E-state index contributed by atoms with van der Waals surface area (Å²) in [6, 6.07) is 10.2. The molecule has 0 saturated heterocycles. The van der Waals surface area contributed by atoms with Crippen LogP contribution in [-0.2, 0) is 4.79 Å². The summed E-state index contributed by atoms with van der Waals surface area (Å²) in [4.78, 5) is 12.4. The van der Waals surface area contributed by atoms with Crippen LogP contribution in [-0.4, -0.2) is 16.8 Å². The number of rotatable bonds is 3. The van der Waals surface area contributed by atoms with Gasteiger partial charge in [0.2, 0.25) is 6.41 Å². The number of hydrogen-bond donors (Lipinski definition) is 2. The van der Waals surface area contributed by atoms with Gasteiger partial charge in [0, 0.05) is 12.4 Å². The summed E-state index contributed by atoms with van der Waals surface area (Å²) in [5.41, 5.74) is 2.41. The average molecular weight is 245 g/mol. The van der Waals surface area contributed by atoms with Gasteiger partial charge in [-0.2, -0.15) is 0 Å². The Balaban J connectivity index is 1.81. The molecule has 0 aromatic heterocycles. The van der Waals surface area contributed by atoms with Gasteiger partial charge < -0.3 is 15.5 Å². The fraction of sp³-hybridized carbons (Fsp3) is 0.0833. The minimum atomic E-state index is 0.146. The monoisotopic (exact) mass is 245 g/mol. The van der Waals surface area contributed by atoms with Gasteiger partial charge in [-0.05, 0) is 5.56 Å². The molecular formula is C12H11N3OS. The first-order chi connectivity index (χ1) is 8.36. The topological polar surface area (TPSA) is 44.4 Å². The molecule has 17 heavy (non-hydrogen) atoms. The summed E-state index contributed by atoms with van der Waals surface area (Å²) in [5.74, 6) is 0. The highest BCUT2D eigenvalue weighted by atomic mass is 32.2. The van der Waals surface area contributed by atoms with Crippen molar-refractivity contribution in [2.75, 3.05) is 0 Å². The zero-order chi connectivity index (χ0) is 11.7. The van der Waals surface area contributed by atoms with Crippen molar-refractivity contribution < 1.29 is 4.79 Å². The fourth-order valence-electron chi connectivity index (χ4n) is 1.85. The summed E-state index contributed by atoms with van der Waals surface area (Å²) in [6.45, 7) is 0. The van der Waals surface area contributed by atoms with Crippen LogP contribution < -0.4 is 10.6 Å². The van der Waals surface area contributed by atoms with Gasteiger partial charge in [0.1, 0.15) is 0 Å². The van der Waals surface area contributed by atoms with E-state index in [9.17, 15) is 4.79 Å². The quantitative estimate of drug-likeness (QED) is 0.791. The van der Waals surface area contributed by atoms with Crippen LogP contribution in [0.5, 0.6) is 0 Å². The van der Waals surface area contributed by atoms with Crippen LogP contribution in [0.4, 0.5) is 0 Å². The zero-order valence-electron chi connectivity index (χ0n) is 8.96. The number of carbonyl (C=O) groups is 1. The first-order valence-electron chi connectivity index (χ1n) is 5.27.